The van der Waals surface area contributed by atoms with Crippen LogP contribution in [0, 0.1) is 11.3 Å². The molecule has 1 aromatic carbocycles. The molecule has 0 saturated heterocycles. The van der Waals surface area contributed by atoms with Crippen molar-refractivity contribution in [2.75, 3.05) is 0 Å². The van der Waals surface area contributed by atoms with Crippen molar-refractivity contribution in [2.45, 2.75) is 25.7 Å². The highest BCUT2D eigenvalue weighted by Gasteiger charge is 2.26. The van der Waals surface area contributed by atoms with Crippen molar-refractivity contribution < 1.29 is 9.90 Å². The maximum atomic E-state index is 10.8. The second-order valence-electron chi connectivity index (χ2n) is 5.80. The Kier molecular flexibility index (Phi) is 5.08. The van der Waals surface area contributed by atoms with E-state index in [1.165, 1.54) is 0 Å². The minimum Gasteiger partial charge on any atom is -0.481 e. The Balaban J connectivity index is 2.03. The van der Waals surface area contributed by atoms with Crippen LogP contribution in [0.15, 0.2) is 52.1 Å². The molecule has 25 heavy (non-hydrogen) atoms. The van der Waals surface area contributed by atoms with Crippen molar-refractivity contribution in [1.29, 1.82) is 5.26 Å². The SMILES string of the molecule is N#CC1=CCC2=NC(c3ccc(Cl)c(Cl)c3)=C(CCCC(=O)O)C2=C1. The van der Waals surface area contributed by atoms with Gasteiger partial charge in [-0.1, -0.05) is 35.3 Å². The van der Waals surface area contributed by atoms with E-state index < -0.39 is 5.97 Å². The number of nitriles is 1. The first-order chi connectivity index (χ1) is 12.0. The number of carboxylic acid groups (broad SMARTS) is 1. The Labute approximate surface area is 155 Å². The van der Waals surface area contributed by atoms with Gasteiger partial charge in [-0.05, 0) is 36.6 Å². The van der Waals surface area contributed by atoms with Gasteiger partial charge in [0.2, 0.25) is 0 Å². The maximum absolute atomic E-state index is 10.8. The number of benzene rings is 1. The summed E-state index contributed by atoms with van der Waals surface area (Å²) in [5, 5.41) is 19.0. The fourth-order valence-corrected chi connectivity index (χ4v) is 3.24. The molecule has 0 atom stereocenters. The van der Waals surface area contributed by atoms with Gasteiger partial charge in [0.05, 0.1) is 27.5 Å². The molecular formula is C19H14Cl2N2O2. The first kappa shape index (κ1) is 17.5. The van der Waals surface area contributed by atoms with E-state index in [0.717, 1.165) is 28.1 Å². The lowest BCUT2D eigenvalue weighted by Gasteiger charge is -2.12. The van der Waals surface area contributed by atoms with E-state index in [0.29, 0.717) is 34.9 Å². The third-order valence-corrected chi connectivity index (χ3v) is 4.86. The van der Waals surface area contributed by atoms with Crippen LogP contribution < -0.4 is 0 Å². The number of allylic oxidation sites excluding steroid dienone is 5. The van der Waals surface area contributed by atoms with Gasteiger partial charge in [-0.2, -0.15) is 5.26 Å². The monoisotopic (exact) mass is 372 g/mol. The molecule has 3 rings (SSSR count). The van der Waals surface area contributed by atoms with E-state index in [2.05, 4.69) is 6.07 Å². The lowest BCUT2D eigenvalue weighted by molar-refractivity contribution is -0.137. The zero-order chi connectivity index (χ0) is 18.0. The molecule has 0 spiro atoms. The van der Waals surface area contributed by atoms with Gasteiger partial charge in [-0.25, -0.2) is 0 Å². The van der Waals surface area contributed by atoms with Gasteiger partial charge in [0.1, 0.15) is 0 Å². The molecule has 0 unspecified atom stereocenters. The Bertz CT molecular complexity index is 918. The number of aliphatic imine (C=N–C) groups is 1. The lowest BCUT2D eigenvalue weighted by Crippen LogP contribution is -2.05. The Morgan fingerprint density at radius 3 is 2.80 bits per heavy atom. The van der Waals surface area contributed by atoms with Crippen molar-refractivity contribution in [3.63, 3.8) is 0 Å². The second-order valence-corrected chi connectivity index (χ2v) is 6.61. The molecule has 2 aliphatic rings. The molecule has 0 radical (unpaired) electrons. The number of fused-ring (bicyclic) bond motifs is 1. The van der Waals surface area contributed by atoms with E-state index >= 15 is 0 Å². The van der Waals surface area contributed by atoms with Crippen molar-refractivity contribution in [1.82, 2.24) is 0 Å². The van der Waals surface area contributed by atoms with Crippen LogP contribution in [0.5, 0.6) is 0 Å². The molecular weight excluding hydrogens is 359 g/mol. The summed E-state index contributed by atoms with van der Waals surface area (Å²) in [5.41, 5.74) is 4.98. The predicted octanol–water partition coefficient (Wildman–Crippen LogP) is 5.19. The molecule has 0 saturated carbocycles. The van der Waals surface area contributed by atoms with Crippen LogP contribution in [0.25, 0.3) is 5.70 Å². The van der Waals surface area contributed by atoms with Gasteiger partial charge in [-0.3, -0.25) is 9.79 Å². The smallest absolute Gasteiger partial charge is 0.303 e. The highest BCUT2D eigenvalue weighted by molar-refractivity contribution is 6.42. The molecule has 0 fully saturated rings. The normalized spacial score (nSPS) is 16.0. The topological polar surface area (TPSA) is 73.5 Å². The minimum absolute atomic E-state index is 0.0850. The van der Waals surface area contributed by atoms with Gasteiger partial charge in [0, 0.05) is 29.6 Å². The highest BCUT2D eigenvalue weighted by Crippen LogP contribution is 2.40. The third kappa shape index (κ3) is 3.68. The molecule has 0 amide bonds. The fraction of sp³-hybridized carbons (Fsp3) is 0.211. The minimum atomic E-state index is -0.828. The molecule has 0 bridgehead atoms. The van der Waals surface area contributed by atoms with Crippen LogP contribution in [0.3, 0.4) is 0 Å². The summed E-state index contributed by atoms with van der Waals surface area (Å²) in [6, 6.07) is 7.49. The molecule has 1 aromatic rings. The average molecular weight is 373 g/mol. The van der Waals surface area contributed by atoms with Crippen LogP contribution in [0.2, 0.25) is 10.0 Å². The van der Waals surface area contributed by atoms with E-state index in [9.17, 15) is 4.79 Å². The number of hydrogen-bond donors (Lipinski definition) is 1. The van der Waals surface area contributed by atoms with Gasteiger partial charge >= 0.3 is 5.97 Å². The summed E-state index contributed by atoms with van der Waals surface area (Å²) < 4.78 is 0. The lowest BCUT2D eigenvalue weighted by atomic mass is 9.90. The number of carbonyl (C=O) groups is 1. The largest absolute Gasteiger partial charge is 0.481 e. The van der Waals surface area contributed by atoms with Gasteiger partial charge in [0.25, 0.3) is 0 Å². The third-order valence-electron chi connectivity index (χ3n) is 4.12. The highest BCUT2D eigenvalue weighted by atomic mass is 35.5. The summed E-state index contributed by atoms with van der Waals surface area (Å²) in [4.78, 5) is 15.6. The summed E-state index contributed by atoms with van der Waals surface area (Å²) in [5.74, 6) is -0.828. The molecule has 126 valence electrons. The molecule has 1 aliphatic carbocycles. The number of halogens is 2. The van der Waals surface area contributed by atoms with E-state index in [4.69, 9.17) is 38.6 Å². The summed E-state index contributed by atoms with van der Waals surface area (Å²) in [6.45, 7) is 0. The molecule has 1 heterocycles. The van der Waals surface area contributed by atoms with Crippen LogP contribution >= 0.6 is 23.2 Å². The molecule has 1 N–H and O–H groups in total. The van der Waals surface area contributed by atoms with Crippen molar-refractivity contribution >= 4 is 40.6 Å². The number of nitrogens with zero attached hydrogens (tertiary/aromatic N) is 2. The molecule has 1 aliphatic heterocycles. The second kappa shape index (κ2) is 7.26. The summed E-state index contributed by atoms with van der Waals surface area (Å²) >= 11 is 12.1. The van der Waals surface area contributed by atoms with Gasteiger partial charge in [0.15, 0.2) is 0 Å². The molecule has 4 nitrogen and oxygen atoms in total. The zero-order valence-corrected chi connectivity index (χ0v) is 14.7. The Hall–Kier alpha value is -2.35. The first-order valence-electron chi connectivity index (χ1n) is 7.80. The number of carboxylic acids is 1. The average Bonchev–Trinajstić information content (AvgIpc) is 2.95. The first-order valence-corrected chi connectivity index (χ1v) is 8.56. The van der Waals surface area contributed by atoms with Crippen molar-refractivity contribution in [3.8, 4) is 6.07 Å². The zero-order valence-electron chi connectivity index (χ0n) is 13.2. The van der Waals surface area contributed by atoms with Crippen molar-refractivity contribution in [2.24, 2.45) is 4.99 Å². The van der Waals surface area contributed by atoms with E-state index in [-0.39, 0.29) is 6.42 Å². The van der Waals surface area contributed by atoms with Crippen LogP contribution in [-0.2, 0) is 4.79 Å². The Morgan fingerprint density at radius 2 is 2.12 bits per heavy atom. The molecule has 6 heteroatoms. The van der Waals surface area contributed by atoms with E-state index in [1.54, 1.807) is 12.1 Å². The standard InChI is InChI=1S/C19H14Cl2N2O2/c20-15-6-5-12(9-16(15)21)19-13(2-1-3-18(24)25)14-8-11(10-22)4-7-17(14)23-19/h4-6,8-9H,1-3,7H2,(H,24,25). The maximum Gasteiger partial charge on any atom is 0.303 e. The quantitative estimate of drug-likeness (QED) is 0.772. The molecule has 0 aromatic heterocycles. The number of hydrogen-bond acceptors (Lipinski definition) is 3. The summed E-state index contributed by atoms with van der Waals surface area (Å²) in [6.07, 6.45) is 5.41. The van der Waals surface area contributed by atoms with Gasteiger partial charge < -0.3 is 5.11 Å². The van der Waals surface area contributed by atoms with Crippen LogP contribution in [0.4, 0.5) is 0 Å². The summed E-state index contributed by atoms with van der Waals surface area (Å²) in [7, 11) is 0. The van der Waals surface area contributed by atoms with Crippen molar-refractivity contribution in [3.05, 3.63) is 62.7 Å². The fourth-order valence-electron chi connectivity index (χ4n) is 2.94. The predicted molar refractivity (Wildman–Crippen MR) is 98.7 cm³/mol. The number of rotatable bonds is 5. The van der Waals surface area contributed by atoms with E-state index in [1.807, 2.05) is 18.2 Å². The Morgan fingerprint density at radius 1 is 1.32 bits per heavy atom. The van der Waals surface area contributed by atoms with Crippen LogP contribution in [0.1, 0.15) is 31.2 Å². The number of aliphatic carboxylic acids is 1. The van der Waals surface area contributed by atoms with Crippen LogP contribution in [-0.4, -0.2) is 16.8 Å². The van der Waals surface area contributed by atoms with Gasteiger partial charge in [-0.15, -0.1) is 0 Å².